The highest BCUT2D eigenvalue weighted by Crippen LogP contribution is 2.29. The molecule has 0 fully saturated rings. The molecule has 0 radical (unpaired) electrons. The van der Waals surface area contributed by atoms with E-state index in [1.54, 1.807) is 19.1 Å². The maximum Gasteiger partial charge on any atom is 0.273 e. The van der Waals surface area contributed by atoms with Crippen molar-refractivity contribution in [2.24, 2.45) is 0 Å². The summed E-state index contributed by atoms with van der Waals surface area (Å²) in [4.78, 5) is 39.5. The molecule has 0 aliphatic carbocycles. The molecule has 11 nitrogen and oxygen atoms in total. The minimum atomic E-state index is -4.48. The maximum atomic E-state index is 14.2. The lowest BCUT2D eigenvalue weighted by Gasteiger charge is -2.33. The average molecular weight is 625 g/mol. The molecule has 2 amide bonds. The number of nitro benzene ring substituents is 1. The van der Waals surface area contributed by atoms with Crippen molar-refractivity contribution in [1.29, 1.82) is 0 Å². The Balaban J connectivity index is 2.10. The van der Waals surface area contributed by atoms with E-state index in [1.807, 2.05) is 38.1 Å². The van der Waals surface area contributed by atoms with Gasteiger partial charge in [-0.15, -0.1) is 0 Å². The predicted molar refractivity (Wildman–Crippen MR) is 169 cm³/mol. The number of hydrogen-bond acceptors (Lipinski definition) is 7. The molecule has 0 aliphatic heterocycles. The predicted octanol–water partition coefficient (Wildman–Crippen LogP) is 5.14. The third-order valence-corrected chi connectivity index (χ3v) is 9.03. The largest absolute Gasteiger partial charge is 0.497 e. The zero-order valence-electron chi connectivity index (χ0n) is 25.8. The Kier molecular flexibility index (Phi) is 11.9. The fraction of sp³-hybridized carbons (Fsp3) is 0.375. The topological polar surface area (TPSA) is 139 Å². The van der Waals surface area contributed by atoms with Crippen molar-refractivity contribution in [3.63, 3.8) is 0 Å². The molecular formula is C32H40N4O7S. The van der Waals surface area contributed by atoms with Crippen LogP contribution < -0.4 is 14.4 Å². The Morgan fingerprint density at radius 2 is 1.73 bits per heavy atom. The lowest BCUT2D eigenvalue weighted by molar-refractivity contribution is -0.385. The van der Waals surface area contributed by atoms with Gasteiger partial charge in [0.2, 0.25) is 11.8 Å². The number of ether oxygens (including phenoxy) is 1. The molecule has 0 saturated heterocycles. The Hall–Kier alpha value is -4.45. The van der Waals surface area contributed by atoms with Crippen LogP contribution in [0.15, 0.2) is 71.6 Å². The molecule has 0 unspecified atom stereocenters. The number of rotatable bonds is 15. The standard InChI is InChI=1S/C32H40N4O7S/c1-6-8-18-33-32(38)29(7-2)34(21-25-11-9-10-23(3)19-25)31(37)22-35(26-13-15-27(43-5)16-14-26)44(41,42)28-17-12-24(4)30(20-28)36(39)40/h9-17,19-20,29H,6-8,18,21-22H2,1-5H3,(H,33,38)/t29-/m0/s1. The van der Waals surface area contributed by atoms with E-state index in [1.165, 1.54) is 43.2 Å². The Morgan fingerprint density at radius 1 is 1.02 bits per heavy atom. The number of benzene rings is 3. The molecule has 0 saturated carbocycles. The van der Waals surface area contributed by atoms with E-state index in [2.05, 4.69) is 5.32 Å². The third kappa shape index (κ3) is 8.34. The molecular weight excluding hydrogens is 584 g/mol. The quantitative estimate of drug-likeness (QED) is 0.140. The Bertz CT molecular complexity index is 1580. The summed E-state index contributed by atoms with van der Waals surface area (Å²) in [6.07, 6.45) is 1.96. The van der Waals surface area contributed by atoms with Crippen LogP contribution in [0.1, 0.15) is 49.8 Å². The van der Waals surface area contributed by atoms with Gasteiger partial charge in [0.15, 0.2) is 0 Å². The summed E-state index contributed by atoms with van der Waals surface area (Å²) in [5.74, 6) is -0.459. The van der Waals surface area contributed by atoms with Gasteiger partial charge in [-0.2, -0.15) is 0 Å². The molecule has 0 spiro atoms. The van der Waals surface area contributed by atoms with Crippen LogP contribution in [0.2, 0.25) is 0 Å². The summed E-state index contributed by atoms with van der Waals surface area (Å²) in [6.45, 7) is 7.12. The van der Waals surface area contributed by atoms with Crippen molar-refractivity contribution in [1.82, 2.24) is 10.2 Å². The SMILES string of the molecule is CCCCNC(=O)[C@H](CC)N(Cc1cccc(C)c1)C(=O)CN(c1ccc(OC)cc1)S(=O)(=O)c1ccc(C)c([N+](=O)[O-])c1. The number of nitrogens with one attached hydrogen (secondary N) is 1. The zero-order valence-corrected chi connectivity index (χ0v) is 26.6. The third-order valence-electron chi connectivity index (χ3n) is 7.26. The molecule has 1 atom stereocenters. The van der Waals surface area contributed by atoms with Gasteiger partial charge in [-0.3, -0.25) is 24.0 Å². The molecule has 0 aliphatic rings. The summed E-state index contributed by atoms with van der Waals surface area (Å²) in [6, 6.07) is 16.4. The van der Waals surface area contributed by atoms with Gasteiger partial charge in [-0.1, -0.05) is 56.2 Å². The number of hydrogen-bond donors (Lipinski definition) is 1. The molecule has 0 heterocycles. The molecule has 44 heavy (non-hydrogen) atoms. The molecule has 3 aromatic carbocycles. The summed E-state index contributed by atoms with van der Waals surface area (Å²) >= 11 is 0. The van der Waals surface area contributed by atoms with Crippen LogP contribution in [-0.4, -0.2) is 56.3 Å². The second kappa shape index (κ2) is 15.3. The van der Waals surface area contributed by atoms with E-state index < -0.39 is 33.4 Å². The lowest BCUT2D eigenvalue weighted by atomic mass is 10.1. The van der Waals surface area contributed by atoms with Gasteiger partial charge in [0, 0.05) is 24.7 Å². The van der Waals surface area contributed by atoms with E-state index in [4.69, 9.17) is 4.74 Å². The van der Waals surface area contributed by atoms with Gasteiger partial charge in [-0.05, 0) is 62.6 Å². The van der Waals surface area contributed by atoms with Gasteiger partial charge in [0.1, 0.15) is 18.3 Å². The number of aryl methyl sites for hydroxylation is 2. The van der Waals surface area contributed by atoms with Crippen LogP contribution in [0, 0.1) is 24.0 Å². The highest BCUT2D eigenvalue weighted by Gasteiger charge is 2.34. The number of unbranched alkanes of at least 4 members (excludes halogenated alkanes) is 1. The number of nitro groups is 1. The molecule has 12 heteroatoms. The summed E-state index contributed by atoms with van der Waals surface area (Å²) in [5, 5.41) is 14.5. The molecule has 3 aromatic rings. The molecule has 236 valence electrons. The molecule has 3 rings (SSSR count). The van der Waals surface area contributed by atoms with E-state index in [9.17, 15) is 28.1 Å². The number of anilines is 1. The summed E-state index contributed by atoms with van der Waals surface area (Å²) < 4.78 is 34.3. The number of sulfonamides is 1. The van der Waals surface area contributed by atoms with Gasteiger partial charge < -0.3 is 15.0 Å². The molecule has 0 bridgehead atoms. The highest BCUT2D eigenvalue weighted by molar-refractivity contribution is 7.92. The minimum absolute atomic E-state index is 0.0761. The van der Waals surface area contributed by atoms with Gasteiger partial charge in [0.25, 0.3) is 15.7 Å². The normalized spacial score (nSPS) is 11.8. The maximum absolute atomic E-state index is 14.2. The van der Waals surface area contributed by atoms with E-state index >= 15 is 0 Å². The fourth-order valence-electron chi connectivity index (χ4n) is 4.78. The second-order valence-corrected chi connectivity index (χ2v) is 12.4. The summed E-state index contributed by atoms with van der Waals surface area (Å²) in [7, 11) is -3.01. The average Bonchev–Trinajstić information content (AvgIpc) is 2.99. The first-order valence-corrected chi connectivity index (χ1v) is 15.9. The first-order valence-electron chi connectivity index (χ1n) is 14.5. The van der Waals surface area contributed by atoms with Crippen LogP contribution in [0.3, 0.4) is 0 Å². The van der Waals surface area contributed by atoms with Crippen LogP contribution in [0.25, 0.3) is 0 Å². The smallest absolute Gasteiger partial charge is 0.273 e. The van der Waals surface area contributed by atoms with E-state index in [0.717, 1.165) is 34.3 Å². The fourth-order valence-corrected chi connectivity index (χ4v) is 6.22. The van der Waals surface area contributed by atoms with Crippen molar-refractivity contribution in [2.75, 3.05) is 24.5 Å². The van der Waals surface area contributed by atoms with Crippen molar-refractivity contribution in [2.45, 2.75) is 64.4 Å². The molecule has 1 N–H and O–H groups in total. The zero-order chi connectivity index (χ0) is 32.4. The number of amides is 2. The lowest BCUT2D eigenvalue weighted by Crippen LogP contribution is -2.52. The van der Waals surface area contributed by atoms with Gasteiger partial charge in [-0.25, -0.2) is 8.42 Å². The van der Waals surface area contributed by atoms with Gasteiger partial charge >= 0.3 is 0 Å². The number of nitrogens with zero attached hydrogens (tertiary/aromatic N) is 3. The van der Waals surface area contributed by atoms with Crippen LogP contribution >= 0.6 is 0 Å². The number of methoxy groups -OCH3 is 1. The van der Waals surface area contributed by atoms with E-state index in [0.29, 0.717) is 24.3 Å². The van der Waals surface area contributed by atoms with Crippen molar-refractivity contribution in [3.05, 3.63) is 93.5 Å². The van der Waals surface area contributed by atoms with Crippen molar-refractivity contribution >= 4 is 33.2 Å². The molecule has 0 aromatic heterocycles. The second-order valence-electron chi connectivity index (χ2n) is 10.5. The van der Waals surface area contributed by atoms with Crippen molar-refractivity contribution in [3.8, 4) is 5.75 Å². The number of carbonyl (C=O) groups is 2. The van der Waals surface area contributed by atoms with E-state index in [-0.39, 0.29) is 28.7 Å². The monoisotopic (exact) mass is 624 g/mol. The first kappa shape index (κ1) is 34.0. The van der Waals surface area contributed by atoms with Crippen LogP contribution in [0.4, 0.5) is 11.4 Å². The van der Waals surface area contributed by atoms with Crippen LogP contribution in [-0.2, 0) is 26.2 Å². The Morgan fingerprint density at radius 3 is 2.32 bits per heavy atom. The van der Waals surface area contributed by atoms with Gasteiger partial charge in [0.05, 0.1) is 22.6 Å². The Labute approximate surface area is 259 Å². The minimum Gasteiger partial charge on any atom is -0.497 e. The summed E-state index contributed by atoms with van der Waals surface area (Å²) in [5.41, 5.74) is 1.84. The van der Waals surface area contributed by atoms with Crippen LogP contribution in [0.5, 0.6) is 5.75 Å². The highest BCUT2D eigenvalue weighted by atomic mass is 32.2. The first-order chi connectivity index (χ1) is 20.9. The number of carbonyl (C=O) groups excluding carboxylic acids is 2. The van der Waals surface area contributed by atoms with Crippen molar-refractivity contribution < 1.29 is 27.7 Å².